The zero-order chi connectivity index (χ0) is 11.5. The second-order valence-electron chi connectivity index (χ2n) is 4.04. The van der Waals surface area contributed by atoms with Gasteiger partial charge in [-0.1, -0.05) is 13.3 Å². The Balaban J connectivity index is 2.80. The molecule has 0 radical (unpaired) electrons. The molecule has 0 spiro atoms. The van der Waals surface area contributed by atoms with Crippen LogP contribution in [0.3, 0.4) is 0 Å². The lowest BCUT2D eigenvalue weighted by atomic mass is 10.00. The molecule has 0 bridgehead atoms. The van der Waals surface area contributed by atoms with Crippen molar-refractivity contribution >= 4 is 10.2 Å². The van der Waals surface area contributed by atoms with Crippen LogP contribution in [0.5, 0.6) is 0 Å². The third-order valence-corrected chi connectivity index (χ3v) is 4.46. The van der Waals surface area contributed by atoms with Crippen LogP contribution in [-0.4, -0.2) is 37.9 Å². The number of rotatable bonds is 4. The highest BCUT2D eigenvalue weighted by Gasteiger charge is 2.33. The molecule has 0 amide bonds. The molecule has 2 atom stereocenters. The minimum atomic E-state index is -3.32. The minimum Gasteiger partial charge on any atom is -0.326 e. The van der Waals surface area contributed by atoms with Gasteiger partial charge in [0.2, 0.25) is 0 Å². The SMILES string of the molecule is CCNS(=O)(=O)N1CCCCC1C(C)N. The van der Waals surface area contributed by atoms with E-state index in [1.54, 1.807) is 6.92 Å². The van der Waals surface area contributed by atoms with Gasteiger partial charge in [-0.15, -0.1) is 0 Å². The molecule has 1 aliphatic heterocycles. The van der Waals surface area contributed by atoms with Gasteiger partial charge in [0.15, 0.2) is 0 Å². The highest BCUT2D eigenvalue weighted by molar-refractivity contribution is 7.87. The summed E-state index contributed by atoms with van der Waals surface area (Å²) in [6.07, 6.45) is 2.85. The van der Waals surface area contributed by atoms with Crippen LogP contribution in [0.2, 0.25) is 0 Å². The smallest absolute Gasteiger partial charge is 0.279 e. The van der Waals surface area contributed by atoms with Crippen molar-refractivity contribution in [3.63, 3.8) is 0 Å². The summed E-state index contributed by atoms with van der Waals surface area (Å²) >= 11 is 0. The molecule has 15 heavy (non-hydrogen) atoms. The maximum Gasteiger partial charge on any atom is 0.279 e. The summed E-state index contributed by atoms with van der Waals surface area (Å²) in [6, 6.07) is -0.165. The number of nitrogens with zero attached hydrogens (tertiary/aromatic N) is 1. The van der Waals surface area contributed by atoms with Crippen molar-refractivity contribution in [2.75, 3.05) is 13.1 Å². The number of hydrogen-bond donors (Lipinski definition) is 2. The number of hydrogen-bond acceptors (Lipinski definition) is 3. The van der Waals surface area contributed by atoms with E-state index in [-0.39, 0.29) is 12.1 Å². The molecule has 0 aromatic heterocycles. The normalized spacial score (nSPS) is 26.5. The third-order valence-electron chi connectivity index (χ3n) is 2.74. The molecule has 3 N–H and O–H groups in total. The van der Waals surface area contributed by atoms with Gasteiger partial charge in [0.05, 0.1) is 0 Å². The molecule has 2 unspecified atom stereocenters. The van der Waals surface area contributed by atoms with Crippen LogP contribution in [0.4, 0.5) is 0 Å². The van der Waals surface area contributed by atoms with E-state index in [0.717, 1.165) is 19.3 Å². The van der Waals surface area contributed by atoms with Crippen molar-refractivity contribution in [1.29, 1.82) is 0 Å². The largest absolute Gasteiger partial charge is 0.326 e. The third kappa shape index (κ3) is 3.14. The Kier molecular flexibility index (Phi) is 4.51. The highest BCUT2D eigenvalue weighted by atomic mass is 32.2. The van der Waals surface area contributed by atoms with Crippen LogP contribution >= 0.6 is 0 Å². The van der Waals surface area contributed by atoms with E-state index in [1.165, 1.54) is 4.31 Å². The van der Waals surface area contributed by atoms with E-state index >= 15 is 0 Å². The summed E-state index contributed by atoms with van der Waals surface area (Å²) < 4.78 is 27.8. The summed E-state index contributed by atoms with van der Waals surface area (Å²) in [7, 11) is -3.32. The van der Waals surface area contributed by atoms with Gasteiger partial charge in [0.1, 0.15) is 0 Å². The minimum absolute atomic E-state index is 0.0530. The molecule has 1 fully saturated rings. The molecule has 0 aliphatic carbocycles. The quantitative estimate of drug-likeness (QED) is 0.722. The van der Waals surface area contributed by atoms with E-state index < -0.39 is 10.2 Å². The first kappa shape index (κ1) is 12.9. The molecule has 1 heterocycles. The molecule has 0 aromatic rings. The Hall–Kier alpha value is -0.170. The Bertz CT molecular complexity index is 290. The Morgan fingerprint density at radius 3 is 2.73 bits per heavy atom. The fraction of sp³-hybridized carbons (Fsp3) is 1.00. The van der Waals surface area contributed by atoms with E-state index in [1.807, 2.05) is 6.92 Å². The van der Waals surface area contributed by atoms with Crippen LogP contribution in [-0.2, 0) is 10.2 Å². The summed E-state index contributed by atoms with van der Waals surface area (Å²) in [5.41, 5.74) is 5.82. The predicted octanol–water partition coefficient (Wildman–Crippen LogP) is 0.0424. The predicted molar refractivity (Wildman–Crippen MR) is 60.6 cm³/mol. The summed E-state index contributed by atoms with van der Waals surface area (Å²) in [4.78, 5) is 0. The van der Waals surface area contributed by atoms with Crippen molar-refractivity contribution in [3.05, 3.63) is 0 Å². The summed E-state index contributed by atoms with van der Waals surface area (Å²) in [6.45, 7) is 4.65. The lowest BCUT2D eigenvalue weighted by Gasteiger charge is -2.36. The lowest BCUT2D eigenvalue weighted by Crippen LogP contribution is -2.54. The molecule has 1 saturated heterocycles. The summed E-state index contributed by atoms with van der Waals surface area (Å²) in [5.74, 6) is 0. The van der Waals surface area contributed by atoms with Gasteiger partial charge in [-0.3, -0.25) is 0 Å². The van der Waals surface area contributed by atoms with Crippen LogP contribution in [0.15, 0.2) is 0 Å². The second-order valence-corrected chi connectivity index (χ2v) is 5.74. The van der Waals surface area contributed by atoms with Crippen LogP contribution in [0.25, 0.3) is 0 Å². The van der Waals surface area contributed by atoms with Gasteiger partial charge in [0.25, 0.3) is 10.2 Å². The van der Waals surface area contributed by atoms with Gasteiger partial charge in [0, 0.05) is 25.2 Å². The first-order chi connectivity index (χ1) is 6.99. The molecule has 1 aliphatic rings. The fourth-order valence-corrected chi connectivity index (χ4v) is 3.57. The van der Waals surface area contributed by atoms with E-state index in [2.05, 4.69) is 4.72 Å². The van der Waals surface area contributed by atoms with Crippen LogP contribution < -0.4 is 10.5 Å². The van der Waals surface area contributed by atoms with E-state index in [0.29, 0.717) is 13.1 Å². The van der Waals surface area contributed by atoms with Gasteiger partial charge < -0.3 is 5.73 Å². The lowest BCUT2D eigenvalue weighted by molar-refractivity contribution is 0.225. The van der Waals surface area contributed by atoms with Crippen molar-refractivity contribution in [2.45, 2.75) is 45.2 Å². The van der Waals surface area contributed by atoms with E-state index in [4.69, 9.17) is 5.73 Å². The molecule has 1 rings (SSSR count). The van der Waals surface area contributed by atoms with Crippen molar-refractivity contribution < 1.29 is 8.42 Å². The maximum absolute atomic E-state index is 11.9. The summed E-state index contributed by atoms with van der Waals surface area (Å²) in [5, 5.41) is 0. The standard InChI is InChI=1S/C9H21N3O2S/c1-3-11-15(13,14)12-7-5-4-6-9(12)8(2)10/h8-9,11H,3-7,10H2,1-2H3. The monoisotopic (exact) mass is 235 g/mol. The molecular weight excluding hydrogens is 214 g/mol. The van der Waals surface area contributed by atoms with Crippen molar-refractivity contribution in [2.24, 2.45) is 5.73 Å². The second kappa shape index (κ2) is 5.25. The maximum atomic E-state index is 11.9. The first-order valence-corrected chi connectivity index (χ1v) is 6.95. The number of nitrogens with one attached hydrogen (secondary N) is 1. The first-order valence-electron chi connectivity index (χ1n) is 5.51. The molecule has 0 aromatic carbocycles. The Morgan fingerprint density at radius 2 is 2.20 bits per heavy atom. The average Bonchev–Trinajstić information content (AvgIpc) is 2.17. The zero-order valence-electron chi connectivity index (χ0n) is 9.44. The molecule has 5 nitrogen and oxygen atoms in total. The Morgan fingerprint density at radius 1 is 1.53 bits per heavy atom. The molecule has 6 heteroatoms. The van der Waals surface area contributed by atoms with Gasteiger partial charge in [-0.25, -0.2) is 4.72 Å². The average molecular weight is 235 g/mol. The highest BCUT2D eigenvalue weighted by Crippen LogP contribution is 2.21. The molecular formula is C9H21N3O2S. The van der Waals surface area contributed by atoms with E-state index in [9.17, 15) is 8.42 Å². The zero-order valence-corrected chi connectivity index (χ0v) is 10.3. The molecule has 90 valence electrons. The van der Waals surface area contributed by atoms with Crippen molar-refractivity contribution in [3.8, 4) is 0 Å². The fourth-order valence-electron chi connectivity index (χ4n) is 2.02. The van der Waals surface area contributed by atoms with Gasteiger partial charge >= 0.3 is 0 Å². The van der Waals surface area contributed by atoms with Crippen LogP contribution in [0.1, 0.15) is 33.1 Å². The van der Waals surface area contributed by atoms with Gasteiger partial charge in [-0.2, -0.15) is 12.7 Å². The van der Waals surface area contributed by atoms with Crippen molar-refractivity contribution in [1.82, 2.24) is 9.03 Å². The van der Waals surface area contributed by atoms with Crippen LogP contribution in [0, 0.1) is 0 Å². The molecule has 0 saturated carbocycles. The number of piperidine rings is 1. The Labute approximate surface area is 92.2 Å². The topological polar surface area (TPSA) is 75.4 Å². The van der Waals surface area contributed by atoms with Gasteiger partial charge in [-0.05, 0) is 19.8 Å². The number of nitrogens with two attached hydrogens (primary N) is 1.